The standard InChI is InChI=1S/C19H23N5O/c1-13-7-5-6-8-18(13)24-15(3)17(14(2)22-24)11-21-19(25)9-16-10-20-12-23(16)4/h5-8,10,12H,9,11H2,1-4H3,(H,21,25). The van der Waals surface area contributed by atoms with Gasteiger partial charge in [-0.1, -0.05) is 18.2 Å². The predicted octanol–water partition coefficient (Wildman–Crippen LogP) is 2.39. The van der Waals surface area contributed by atoms with Crippen LogP contribution in [0, 0.1) is 20.8 Å². The third-order valence-corrected chi connectivity index (χ3v) is 4.51. The molecular weight excluding hydrogens is 314 g/mol. The van der Waals surface area contributed by atoms with Gasteiger partial charge in [0.1, 0.15) is 0 Å². The second kappa shape index (κ2) is 6.93. The molecule has 2 heterocycles. The van der Waals surface area contributed by atoms with E-state index in [1.54, 1.807) is 12.5 Å². The molecule has 1 amide bonds. The Labute approximate surface area is 147 Å². The Morgan fingerprint density at radius 1 is 1.20 bits per heavy atom. The van der Waals surface area contributed by atoms with Gasteiger partial charge in [-0.3, -0.25) is 4.79 Å². The van der Waals surface area contributed by atoms with Crippen LogP contribution in [-0.2, 0) is 24.8 Å². The number of imidazole rings is 1. The van der Waals surface area contributed by atoms with Crippen molar-refractivity contribution in [1.29, 1.82) is 0 Å². The average molecular weight is 337 g/mol. The van der Waals surface area contributed by atoms with E-state index in [-0.39, 0.29) is 5.91 Å². The Hall–Kier alpha value is -2.89. The van der Waals surface area contributed by atoms with E-state index in [2.05, 4.69) is 34.5 Å². The molecule has 0 atom stereocenters. The fraction of sp³-hybridized carbons (Fsp3) is 0.316. The summed E-state index contributed by atoms with van der Waals surface area (Å²) in [5.41, 5.74) is 6.16. The van der Waals surface area contributed by atoms with Crippen LogP contribution < -0.4 is 5.32 Å². The summed E-state index contributed by atoms with van der Waals surface area (Å²) in [6.07, 6.45) is 3.73. The number of amides is 1. The number of aromatic nitrogens is 4. The van der Waals surface area contributed by atoms with Crippen LogP contribution in [-0.4, -0.2) is 25.2 Å². The monoisotopic (exact) mass is 337 g/mol. The van der Waals surface area contributed by atoms with Crippen molar-refractivity contribution in [3.05, 3.63) is 65.0 Å². The van der Waals surface area contributed by atoms with Crippen LogP contribution >= 0.6 is 0 Å². The van der Waals surface area contributed by atoms with Crippen LogP contribution in [0.2, 0.25) is 0 Å². The molecule has 0 fully saturated rings. The van der Waals surface area contributed by atoms with E-state index in [0.717, 1.165) is 28.3 Å². The van der Waals surface area contributed by atoms with E-state index in [9.17, 15) is 4.79 Å². The molecule has 0 aliphatic heterocycles. The van der Waals surface area contributed by atoms with Gasteiger partial charge >= 0.3 is 0 Å². The van der Waals surface area contributed by atoms with E-state index >= 15 is 0 Å². The van der Waals surface area contributed by atoms with Gasteiger partial charge in [-0.2, -0.15) is 5.10 Å². The second-order valence-electron chi connectivity index (χ2n) is 6.30. The molecule has 1 N–H and O–H groups in total. The first-order valence-corrected chi connectivity index (χ1v) is 8.30. The maximum Gasteiger partial charge on any atom is 0.226 e. The van der Waals surface area contributed by atoms with Gasteiger partial charge in [0.25, 0.3) is 0 Å². The Bertz CT molecular complexity index is 906. The van der Waals surface area contributed by atoms with Gasteiger partial charge < -0.3 is 9.88 Å². The molecule has 0 aliphatic carbocycles. The van der Waals surface area contributed by atoms with Crippen LogP contribution in [0.15, 0.2) is 36.8 Å². The van der Waals surface area contributed by atoms with E-state index < -0.39 is 0 Å². The summed E-state index contributed by atoms with van der Waals surface area (Å²) in [5.74, 6) is -0.0222. The summed E-state index contributed by atoms with van der Waals surface area (Å²) in [5, 5.41) is 7.65. The van der Waals surface area contributed by atoms with Crippen LogP contribution in [0.1, 0.15) is 28.2 Å². The first kappa shape index (κ1) is 17.0. The molecule has 0 aliphatic rings. The topological polar surface area (TPSA) is 64.7 Å². The third kappa shape index (κ3) is 3.47. The van der Waals surface area contributed by atoms with E-state index in [1.165, 1.54) is 5.56 Å². The number of carbonyl (C=O) groups is 1. The van der Waals surface area contributed by atoms with Gasteiger partial charge in [0.05, 0.1) is 24.1 Å². The molecule has 130 valence electrons. The minimum absolute atomic E-state index is 0.0222. The summed E-state index contributed by atoms with van der Waals surface area (Å²) in [4.78, 5) is 16.2. The average Bonchev–Trinajstić information content (AvgIpc) is 3.10. The highest BCUT2D eigenvalue weighted by atomic mass is 16.1. The zero-order valence-electron chi connectivity index (χ0n) is 15.1. The number of hydrogen-bond acceptors (Lipinski definition) is 3. The van der Waals surface area contributed by atoms with Crippen molar-refractivity contribution in [1.82, 2.24) is 24.6 Å². The number of rotatable bonds is 5. The van der Waals surface area contributed by atoms with Crippen LogP contribution in [0.25, 0.3) is 5.69 Å². The second-order valence-corrected chi connectivity index (χ2v) is 6.30. The zero-order valence-corrected chi connectivity index (χ0v) is 15.1. The molecule has 0 radical (unpaired) electrons. The van der Waals surface area contributed by atoms with Crippen LogP contribution in [0.4, 0.5) is 0 Å². The summed E-state index contributed by atoms with van der Waals surface area (Å²) in [7, 11) is 1.89. The van der Waals surface area contributed by atoms with Gasteiger partial charge in [-0.15, -0.1) is 0 Å². The van der Waals surface area contributed by atoms with Crippen molar-refractivity contribution >= 4 is 5.91 Å². The summed E-state index contributed by atoms with van der Waals surface area (Å²) in [6, 6.07) is 8.15. The Balaban J connectivity index is 1.74. The van der Waals surface area contributed by atoms with Crippen molar-refractivity contribution in [2.75, 3.05) is 0 Å². The number of nitrogens with zero attached hydrogens (tertiary/aromatic N) is 4. The van der Waals surface area contributed by atoms with Crippen molar-refractivity contribution in [3.8, 4) is 5.69 Å². The van der Waals surface area contributed by atoms with Gasteiger partial charge in [-0.05, 0) is 32.4 Å². The largest absolute Gasteiger partial charge is 0.352 e. The molecule has 6 nitrogen and oxygen atoms in total. The summed E-state index contributed by atoms with van der Waals surface area (Å²) < 4.78 is 3.81. The van der Waals surface area contributed by atoms with Gasteiger partial charge in [0.2, 0.25) is 5.91 Å². The lowest BCUT2D eigenvalue weighted by Crippen LogP contribution is -2.25. The first-order valence-electron chi connectivity index (χ1n) is 8.30. The number of nitrogens with one attached hydrogen (secondary N) is 1. The quantitative estimate of drug-likeness (QED) is 0.777. The number of benzene rings is 1. The number of para-hydroxylation sites is 1. The summed E-state index contributed by atoms with van der Waals surface area (Å²) >= 11 is 0. The Morgan fingerprint density at radius 2 is 1.96 bits per heavy atom. The van der Waals surface area contributed by atoms with E-state index in [1.807, 2.05) is 42.3 Å². The highest BCUT2D eigenvalue weighted by Gasteiger charge is 2.15. The molecule has 6 heteroatoms. The Morgan fingerprint density at radius 3 is 2.64 bits per heavy atom. The van der Waals surface area contributed by atoms with Crippen molar-refractivity contribution in [2.24, 2.45) is 7.05 Å². The Kier molecular flexibility index (Phi) is 4.70. The van der Waals surface area contributed by atoms with Crippen molar-refractivity contribution < 1.29 is 4.79 Å². The lowest BCUT2D eigenvalue weighted by molar-refractivity contribution is -0.120. The molecule has 3 aromatic rings. The maximum absolute atomic E-state index is 12.2. The van der Waals surface area contributed by atoms with Crippen molar-refractivity contribution in [2.45, 2.75) is 33.7 Å². The minimum Gasteiger partial charge on any atom is -0.352 e. The molecule has 2 aromatic heterocycles. The van der Waals surface area contributed by atoms with Crippen LogP contribution in [0.3, 0.4) is 0 Å². The van der Waals surface area contributed by atoms with Gasteiger partial charge in [0, 0.05) is 36.7 Å². The smallest absolute Gasteiger partial charge is 0.226 e. The lowest BCUT2D eigenvalue weighted by Gasteiger charge is -2.09. The number of carbonyl (C=O) groups excluding carboxylic acids is 1. The molecule has 0 unspecified atom stereocenters. The number of aryl methyl sites for hydroxylation is 3. The molecule has 0 saturated carbocycles. The lowest BCUT2D eigenvalue weighted by atomic mass is 10.1. The minimum atomic E-state index is -0.0222. The maximum atomic E-state index is 12.2. The van der Waals surface area contributed by atoms with Crippen molar-refractivity contribution in [3.63, 3.8) is 0 Å². The molecule has 1 aromatic carbocycles. The molecule has 0 spiro atoms. The SMILES string of the molecule is Cc1ccccc1-n1nc(C)c(CNC(=O)Cc2cncn2C)c1C. The first-order chi connectivity index (χ1) is 12.0. The highest BCUT2D eigenvalue weighted by molar-refractivity contribution is 5.78. The van der Waals surface area contributed by atoms with E-state index in [4.69, 9.17) is 0 Å². The highest BCUT2D eigenvalue weighted by Crippen LogP contribution is 2.20. The predicted molar refractivity (Wildman–Crippen MR) is 96.5 cm³/mol. The van der Waals surface area contributed by atoms with Gasteiger partial charge in [0.15, 0.2) is 0 Å². The normalized spacial score (nSPS) is 10.9. The fourth-order valence-electron chi connectivity index (χ4n) is 2.94. The molecule has 0 bridgehead atoms. The fourth-order valence-corrected chi connectivity index (χ4v) is 2.94. The van der Waals surface area contributed by atoms with Gasteiger partial charge in [-0.25, -0.2) is 9.67 Å². The molecular formula is C19H23N5O. The van der Waals surface area contributed by atoms with E-state index in [0.29, 0.717) is 13.0 Å². The molecule has 0 saturated heterocycles. The number of hydrogen-bond donors (Lipinski definition) is 1. The third-order valence-electron chi connectivity index (χ3n) is 4.51. The summed E-state index contributed by atoms with van der Waals surface area (Å²) in [6.45, 7) is 6.56. The zero-order chi connectivity index (χ0) is 18.0. The molecule has 3 rings (SSSR count). The van der Waals surface area contributed by atoms with Crippen LogP contribution in [0.5, 0.6) is 0 Å². The molecule has 25 heavy (non-hydrogen) atoms.